The average Bonchev–Trinajstić information content (AvgIpc) is 3.07. The van der Waals surface area contributed by atoms with Gasteiger partial charge in [0.05, 0.1) is 12.1 Å². The van der Waals surface area contributed by atoms with Gasteiger partial charge >= 0.3 is 0 Å². The van der Waals surface area contributed by atoms with Crippen molar-refractivity contribution in [3.05, 3.63) is 12.7 Å². The van der Waals surface area contributed by atoms with Crippen LogP contribution in [-0.4, -0.2) is 43.2 Å². The van der Waals surface area contributed by atoms with Crippen molar-refractivity contribution in [3.8, 4) is 0 Å². The molecule has 4 nitrogen and oxygen atoms in total. The molecule has 0 aromatic carbocycles. The first-order chi connectivity index (χ1) is 7.54. The van der Waals surface area contributed by atoms with Crippen LogP contribution in [-0.2, 0) is 9.53 Å². The van der Waals surface area contributed by atoms with Gasteiger partial charge in [-0.3, -0.25) is 4.79 Å². The van der Waals surface area contributed by atoms with Crippen LogP contribution in [0.15, 0.2) is 12.7 Å². The van der Waals surface area contributed by atoms with Crippen LogP contribution in [0, 0.1) is 5.92 Å². The van der Waals surface area contributed by atoms with Crippen molar-refractivity contribution >= 4 is 5.91 Å². The Bertz CT molecular complexity index is 260. The topological polar surface area (TPSA) is 55.6 Å². The zero-order valence-electron chi connectivity index (χ0n) is 10.2. The summed E-state index contributed by atoms with van der Waals surface area (Å²) < 4.78 is 4.99. The van der Waals surface area contributed by atoms with Crippen molar-refractivity contribution in [2.24, 2.45) is 11.7 Å². The fourth-order valence-corrected chi connectivity index (χ4v) is 1.83. The number of carbonyl (C=O) groups is 1. The molecule has 0 spiro atoms. The first-order valence-corrected chi connectivity index (χ1v) is 5.72. The summed E-state index contributed by atoms with van der Waals surface area (Å²) in [5.41, 5.74) is 5.38. The van der Waals surface area contributed by atoms with E-state index in [-0.39, 0.29) is 5.91 Å². The van der Waals surface area contributed by atoms with Crippen molar-refractivity contribution in [1.29, 1.82) is 0 Å². The number of methoxy groups -OCH3 is 1. The number of hydrogen-bond donors (Lipinski definition) is 1. The Morgan fingerprint density at radius 2 is 2.31 bits per heavy atom. The summed E-state index contributed by atoms with van der Waals surface area (Å²) in [6.45, 7) is 7.12. The molecule has 92 valence electrons. The molecule has 1 rings (SSSR count). The van der Waals surface area contributed by atoms with Gasteiger partial charge < -0.3 is 15.4 Å². The summed E-state index contributed by atoms with van der Waals surface area (Å²) in [7, 11) is 1.62. The van der Waals surface area contributed by atoms with Crippen molar-refractivity contribution in [1.82, 2.24) is 4.90 Å². The molecule has 0 heterocycles. The molecular weight excluding hydrogens is 204 g/mol. The minimum atomic E-state index is -0.725. The van der Waals surface area contributed by atoms with E-state index in [9.17, 15) is 4.79 Å². The number of ether oxygens (including phenoxy) is 1. The second kappa shape index (κ2) is 5.46. The van der Waals surface area contributed by atoms with Crippen LogP contribution >= 0.6 is 0 Å². The summed E-state index contributed by atoms with van der Waals surface area (Å²) in [5.74, 6) is 0.349. The van der Waals surface area contributed by atoms with Gasteiger partial charge in [-0.15, -0.1) is 6.58 Å². The number of carbonyl (C=O) groups excluding carboxylic acids is 1. The van der Waals surface area contributed by atoms with Crippen LogP contribution in [0.1, 0.15) is 19.8 Å². The van der Waals surface area contributed by atoms with Crippen molar-refractivity contribution < 1.29 is 9.53 Å². The predicted molar refractivity (Wildman–Crippen MR) is 64.0 cm³/mol. The van der Waals surface area contributed by atoms with Gasteiger partial charge in [-0.05, 0) is 25.7 Å². The first kappa shape index (κ1) is 13.2. The Morgan fingerprint density at radius 1 is 1.69 bits per heavy atom. The molecule has 1 amide bonds. The lowest BCUT2D eigenvalue weighted by atomic mass is 9.95. The predicted octanol–water partition coefficient (Wildman–Crippen LogP) is 0.775. The molecule has 0 radical (unpaired) electrons. The van der Waals surface area contributed by atoms with E-state index in [0.29, 0.717) is 25.6 Å². The molecule has 1 atom stereocenters. The standard InChI is InChI=1S/C12H22N2O2/c1-4-7-14(8-9-16-3)11(15)12(2,13)10-5-6-10/h4,10H,1,5-9,13H2,2-3H3. The molecule has 1 aliphatic carbocycles. The maximum absolute atomic E-state index is 12.2. The fraction of sp³-hybridized carbons (Fsp3) is 0.750. The lowest BCUT2D eigenvalue weighted by molar-refractivity contribution is -0.137. The van der Waals surface area contributed by atoms with Crippen molar-refractivity contribution in [2.45, 2.75) is 25.3 Å². The van der Waals surface area contributed by atoms with E-state index in [4.69, 9.17) is 10.5 Å². The third kappa shape index (κ3) is 3.06. The molecule has 1 aliphatic rings. The molecule has 1 unspecified atom stereocenters. The molecule has 0 aromatic rings. The lowest BCUT2D eigenvalue weighted by Crippen LogP contribution is -2.55. The Balaban J connectivity index is 2.61. The molecule has 16 heavy (non-hydrogen) atoms. The minimum absolute atomic E-state index is 0.00644. The van der Waals surface area contributed by atoms with Crippen LogP contribution in [0.2, 0.25) is 0 Å². The molecule has 0 bridgehead atoms. The largest absolute Gasteiger partial charge is 0.383 e. The molecular formula is C12H22N2O2. The Labute approximate surface area is 97.4 Å². The zero-order valence-corrected chi connectivity index (χ0v) is 10.2. The van der Waals surface area contributed by atoms with Gasteiger partial charge in [0, 0.05) is 20.2 Å². The summed E-state index contributed by atoms with van der Waals surface area (Å²) in [5, 5.41) is 0. The highest BCUT2D eigenvalue weighted by Gasteiger charge is 2.45. The highest BCUT2D eigenvalue weighted by molar-refractivity contribution is 5.86. The summed E-state index contributed by atoms with van der Waals surface area (Å²) >= 11 is 0. The van der Waals surface area contributed by atoms with Crippen LogP contribution in [0.4, 0.5) is 0 Å². The molecule has 2 N–H and O–H groups in total. The van der Waals surface area contributed by atoms with Crippen LogP contribution in [0.3, 0.4) is 0 Å². The Hall–Kier alpha value is -0.870. The normalized spacial score (nSPS) is 18.9. The van der Waals surface area contributed by atoms with E-state index in [0.717, 1.165) is 12.8 Å². The monoisotopic (exact) mass is 226 g/mol. The third-order valence-electron chi connectivity index (χ3n) is 3.09. The van der Waals surface area contributed by atoms with E-state index in [2.05, 4.69) is 6.58 Å². The highest BCUT2D eigenvalue weighted by Crippen LogP contribution is 2.38. The second-order valence-electron chi connectivity index (χ2n) is 4.59. The van der Waals surface area contributed by atoms with Gasteiger partial charge in [0.1, 0.15) is 0 Å². The maximum Gasteiger partial charge on any atom is 0.243 e. The lowest BCUT2D eigenvalue weighted by Gasteiger charge is -2.31. The van der Waals surface area contributed by atoms with Gasteiger partial charge in [-0.2, -0.15) is 0 Å². The fourth-order valence-electron chi connectivity index (χ4n) is 1.83. The number of amides is 1. The molecule has 1 saturated carbocycles. The first-order valence-electron chi connectivity index (χ1n) is 5.72. The highest BCUT2D eigenvalue weighted by atomic mass is 16.5. The average molecular weight is 226 g/mol. The van der Waals surface area contributed by atoms with Gasteiger partial charge in [-0.25, -0.2) is 0 Å². The van der Waals surface area contributed by atoms with Crippen LogP contribution < -0.4 is 5.73 Å². The quantitative estimate of drug-likeness (QED) is 0.652. The summed E-state index contributed by atoms with van der Waals surface area (Å²) in [6, 6.07) is 0. The SMILES string of the molecule is C=CCN(CCOC)C(=O)C(C)(N)C1CC1. The van der Waals surface area contributed by atoms with E-state index in [1.54, 1.807) is 18.1 Å². The number of nitrogens with two attached hydrogens (primary N) is 1. The molecule has 1 fully saturated rings. The van der Waals surface area contributed by atoms with Gasteiger partial charge in [0.15, 0.2) is 0 Å². The summed E-state index contributed by atoms with van der Waals surface area (Å²) in [4.78, 5) is 14.0. The van der Waals surface area contributed by atoms with Gasteiger partial charge in [0.25, 0.3) is 0 Å². The Morgan fingerprint density at radius 3 is 2.75 bits per heavy atom. The van der Waals surface area contributed by atoms with Crippen molar-refractivity contribution in [2.75, 3.05) is 26.8 Å². The molecule has 0 aromatic heterocycles. The Kier molecular flexibility index (Phi) is 4.50. The smallest absolute Gasteiger partial charge is 0.243 e. The van der Waals surface area contributed by atoms with Crippen LogP contribution in [0.25, 0.3) is 0 Å². The van der Waals surface area contributed by atoms with Gasteiger partial charge in [-0.1, -0.05) is 6.08 Å². The molecule has 0 saturated heterocycles. The number of rotatable bonds is 7. The number of nitrogens with zero attached hydrogens (tertiary/aromatic N) is 1. The van der Waals surface area contributed by atoms with Crippen molar-refractivity contribution in [3.63, 3.8) is 0 Å². The second-order valence-corrected chi connectivity index (χ2v) is 4.59. The molecule has 0 aliphatic heterocycles. The van der Waals surface area contributed by atoms with E-state index >= 15 is 0 Å². The maximum atomic E-state index is 12.2. The van der Waals surface area contributed by atoms with E-state index in [1.165, 1.54) is 0 Å². The summed E-state index contributed by atoms with van der Waals surface area (Å²) in [6.07, 6.45) is 3.84. The molecule has 4 heteroatoms. The minimum Gasteiger partial charge on any atom is -0.383 e. The van der Waals surface area contributed by atoms with Gasteiger partial charge in [0.2, 0.25) is 5.91 Å². The third-order valence-corrected chi connectivity index (χ3v) is 3.09. The van der Waals surface area contributed by atoms with E-state index in [1.807, 2.05) is 6.92 Å². The zero-order chi connectivity index (χ0) is 12.2. The number of hydrogen-bond acceptors (Lipinski definition) is 3. The van der Waals surface area contributed by atoms with E-state index < -0.39 is 5.54 Å². The van der Waals surface area contributed by atoms with Crippen LogP contribution in [0.5, 0.6) is 0 Å².